The molecule has 1 N–H and O–H groups in total. The topological polar surface area (TPSA) is 66.4 Å². The van der Waals surface area contributed by atoms with Crippen LogP contribution in [0.5, 0.6) is 0 Å². The zero-order chi connectivity index (χ0) is 30.9. The van der Waals surface area contributed by atoms with E-state index in [1.54, 1.807) is 56.3 Å². The molecule has 0 aliphatic heterocycles. The molecule has 4 nitrogen and oxygen atoms in total. The average molecular weight is 573 g/mol. The Hall–Kier alpha value is -3.90. The summed E-state index contributed by atoms with van der Waals surface area (Å²) in [5.41, 5.74) is 4.10. The van der Waals surface area contributed by atoms with Crippen molar-refractivity contribution in [1.82, 2.24) is 0 Å². The summed E-state index contributed by atoms with van der Waals surface area (Å²) in [6.07, 6.45) is 2.62. The van der Waals surface area contributed by atoms with Gasteiger partial charge < -0.3 is 9.84 Å². The summed E-state index contributed by atoms with van der Waals surface area (Å²) in [7, 11) is 0. The minimum absolute atomic E-state index is 0. The number of carbonyl (C=O) groups is 1. The molecule has 0 heterocycles. The molecule has 3 aromatic rings. The zero-order valence-electron chi connectivity index (χ0n) is 23.6. The van der Waals surface area contributed by atoms with Gasteiger partial charge in [0.2, 0.25) is 0 Å². The summed E-state index contributed by atoms with van der Waals surface area (Å²) < 4.78 is 49.5. The summed E-state index contributed by atoms with van der Waals surface area (Å²) in [4.78, 5) is 11.0. The summed E-state index contributed by atoms with van der Waals surface area (Å²) in [5, 5.41) is 7.57. The maximum atomic E-state index is 12.5. The Bertz CT molecular complexity index is 1110. The number of aliphatic hydroxyl groups is 1. The van der Waals surface area contributed by atoms with Gasteiger partial charge in [-0.2, -0.15) is 0 Å². The Morgan fingerprint density at radius 2 is 1.32 bits per heavy atom. The molecular formula is C34H43F3O4. The average Bonchev–Trinajstić information content (AvgIpc) is 2.95. The van der Waals surface area contributed by atoms with E-state index in [1.165, 1.54) is 36.4 Å². The van der Waals surface area contributed by atoms with E-state index < -0.39 is 0 Å². The summed E-state index contributed by atoms with van der Waals surface area (Å²) in [6, 6.07) is 18.9. The second-order valence-electron chi connectivity index (χ2n) is 8.12. The van der Waals surface area contributed by atoms with Crippen LogP contribution in [0.15, 0.2) is 91.5 Å². The van der Waals surface area contributed by atoms with E-state index in [0.29, 0.717) is 25.4 Å². The number of halogens is 3. The molecule has 3 rings (SSSR count). The number of carbonyl (C=O) groups excluding carboxylic acids is 1. The van der Waals surface area contributed by atoms with Crippen molar-refractivity contribution < 1.29 is 32.5 Å². The zero-order valence-corrected chi connectivity index (χ0v) is 23.6. The number of benzene rings is 3. The Morgan fingerprint density at radius 1 is 0.927 bits per heavy atom. The van der Waals surface area contributed by atoms with Gasteiger partial charge in [0.05, 0.1) is 6.61 Å². The molecule has 0 bridgehead atoms. The van der Waals surface area contributed by atoms with Crippen LogP contribution in [0.4, 0.5) is 13.2 Å². The molecule has 0 spiro atoms. The molecule has 0 aromatic heterocycles. The van der Waals surface area contributed by atoms with Crippen LogP contribution in [0.3, 0.4) is 0 Å². The first kappa shape index (κ1) is 41.6. The van der Waals surface area contributed by atoms with Gasteiger partial charge in [0.25, 0.3) is 0 Å². The molecule has 1 unspecified atom stereocenters. The molecule has 41 heavy (non-hydrogen) atoms. The summed E-state index contributed by atoms with van der Waals surface area (Å²) in [5.74, 6) is -0.555. The number of esters is 1. The standard InChI is InChI=1S/C11H13FO2.C11H13F.C8H7F.C2H6O.CO.CH4/c1-2-14-11(13)8-5-9-3-6-10(12)7-4-9;1-8(2)9(3)10-4-6-11(12)7-5-10;1-2-7-3-5-8(9)6-4-7;1-2-3;1-2;/h3-4,6-7H,2,5,8H2,1H3;4-7,9H,1H2,2-3H3;2-6H,1H2;3H,2H2,1H3;;1H4. The SMILES string of the molecule is C.C=C(C)C(C)c1ccc(F)cc1.C=Cc1ccc(F)cc1.CCO.CCOC(=O)CCc1ccc(F)cc1.[C-]#[O+]. The molecule has 0 radical (unpaired) electrons. The Kier molecular flexibility index (Phi) is 26.7. The molecule has 0 aliphatic carbocycles. The van der Waals surface area contributed by atoms with Crippen LogP contribution >= 0.6 is 0 Å². The number of allylic oxidation sites excluding steroid dienone is 1. The van der Waals surface area contributed by atoms with Crippen LogP contribution < -0.4 is 0 Å². The monoisotopic (exact) mass is 572 g/mol. The van der Waals surface area contributed by atoms with E-state index in [0.717, 1.165) is 22.3 Å². The van der Waals surface area contributed by atoms with Crippen molar-refractivity contribution in [3.8, 4) is 0 Å². The Labute approximate surface area is 243 Å². The van der Waals surface area contributed by atoms with Crippen molar-refractivity contribution in [2.45, 2.75) is 53.9 Å². The third-order valence-corrected chi connectivity index (χ3v) is 5.05. The van der Waals surface area contributed by atoms with Crippen LogP contribution in [0.25, 0.3) is 6.08 Å². The van der Waals surface area contributed by atoms with Crippen molar-refractivity contribution in [2.75, 3.05) is 13.2 Å². The number of aryl methyl sites for hydroxylation is 1. The Morgan fingerprint density at radius 3 is 1.68 bits per heavy atom. The fourth-order valence-electron chi connectivity index (χ4n) is 2.77. The van der Waals surface area contributed by atoms with Crippen LogP contribution in [0.1, 0.15) is 64.2 Å². The molecule has 1 atom stereocenters. The second kappa shape index (κ2) is 26.3. The van der Waals surface area contributed by atoms with E-state index in [9.17, 15) is 18.0 Å². The number of aliphatic hydroxyl groups excluding tert-OH is 1. The molecule has 224 valence electrons. The molecule has 0 aliphatic rings. The van der Waals surface area contributed by atoms with Gasteiger partial charge >= 0.3 is 17.3 Å². The minimum atomic E-state index is -0.259. The number of hydrogen-bond donors (Lipinski definition) is 1. The van der Waals surface area contributed by atoms with Gasteiger partial charge in [-0.05, 0) is 80.3 Å². The first-order chi connectivity index (χ1) is 19.1. The van der Waals surface area contributed by atoms with Gasteiger partial charge in [-0.15, -0.1) is 0 Å². The van der Waals surface area contributed by atoms with Gasteiger partial charge in [-0.25, -0.2) is 13.2 Å². The predicted octanol–water partition coefficient (Wildman–Crippen LogP) is 8.89. The van der Waals surface area contributed by atoms with E-state index in [2.05, 4.69) is 26.7 Å². The van der Waals surface area contributed by atoms with Crippen LogP contribution in [0, 0.1) is 24.1 Å². The third-order valence-electron chi connectivity index (χ3n) is 5.05. The first-order valence-electron chi connectivity index (χ1n) is 12.6. The van der Waals surface area contributed by atoms with Gasteiger partial charge in [-0.3, -0.25) is 4.79 Å². The molecule has 0 amide bonds. The van der Waals surface area contributed by atoms with Gasteiger partial charge in [0.1, 0.15) is 17.5 Å². The van der Waals surface area contributed by atoms with Crippen molar-refractivity contribution >= 4 is 12.0 Å². The number of hydrogen-bond acceptors (Lipinski definition) is 3. The number of ether oxygens (including phenoxy) is 1. The van der Waals surface area contributed by atoms with Crippen molar-refractivity contribution in [3.63, 3.8) is 0 Å². The van der Waals surface area contributed by atoms with Crippen LogP contribution in [-0.2, 0) is 20.6 Å². The molecule has 3 aromatic carbocycles. The quantitative estimate of drug-likeness (QED) is 0.133. The van der Waals surface area contributed by atoms with Crippen molar-refractivity contribution in [1.29, 1.82) is 0 Å². The van der Waals surface area contributed by atoms with Gasteiger partial charge in [0, 0.05) is 18.9 Å². The molecule has 0 saturated heterocycles. The van der Waals surface area contributed by atoms with E-state index >= 15 is 0 Å². The Balaban J connectivity index is -0.000000491. The van der Waals surface area contributed by atoms with Crippen LogP contribution in [0.2, 0.25) is 0 Å². The van der Waals surface area contributed by atoms with Gasteiger partial charge in [0.15, 0.2) is 0 Å². The maximum absolute atomic E-state index is 12.5. The summed E-state index contributed by atoms with van der Waals surface area (Å²) in [6.45, 7) is 20.1. The second-order valence-corrected chi connectivity index (χ2v) is 8.12. The first-order valence-corrected chi connectivity index (χ1v) is 12.6. The van der Waals surface area contributed by atoms with E-state index in [1.807, 2.05) is 6.92 Å². The number of rotatable bonds is 7. The molecule has 0 saturated carbocycles. The van der Waals surface area contributed by atoms with Crippen LogP contribution in [-0.4, -0.2) is 24.3 Å². The molecule has 0 fully saturated rings. The fourth-order valence-corrected chi connectivity index (χ4v) is 2.77. The van der Waals surface area contributed by atoms with Crippen molar-refractivity contribution in [2.24, 2.45) is 0 Å². The predicted molar refractivity (Wildman–Crippen MR) is 161 cm³/mol. The van der Waals surface area contributed by atoms with E-state index in [-0.39, 0.29) is 37.5 Å². The van der Waals surface area contributed by atoms with Crippen molar-refractivity contribution in [3.05, 3.63) is 132 Å². The fraction of sp³-hybridized carbons (Fsp3) is 0.294. The summed E-state index contributed by atoms with van der Waals surface area (Å²) >= 11 is 0. The molecule has 7 heteroatoms. The van der Waals surface area contributed by atoms with E-state index in [4.69, 9.17) is 14.5 Å². The molecular weight excluding hydrogens is 529 g/mol. The normalized spacial score (nSPS) is 9.51. The third kappa shape index (κ3) is 21.6. The van der Waals surface area contributed by atoms with Gasteiger partial charge in [-0.1, -0.05) is 75.6 Å².